The van der Waals surface area contributed by atoms with Crippen LogP contribution in [-0.4, -0.2) is 5.06 Å². The third kappa shape index (κ3) is 3.33. The van der Waals surface area contributed by atoms with Crippen LogP contribution in [0.2, 0.25) is 0 Å². The van der Waals surface area contributed by atoms with Gasteiger partial charge in [-0.05, 0) is 23.6 Å². The third-order valence-electron chi connectivity index (χ3n) is 3.52. The average Bonchev–Trinajstić information content (AvgIpc) is 2.76. The third-order valence-corrected chi connectivity index (χ3v) is 3.52. The summed E-state index contributed by atoms with van der Waals surface area (Å²) in [5, 5.41) is 13.6. The fourth-order valence-corrected chi connectivity index (χ4v) is 2.50. The summed E-state index contributed by atoms with van der Waals surface area (Å²) in [5.74, 6) is -0.241. The Bertz CT molecular complexity index is 613. The summed E-state index contributed by atoms with van der Waals surface area (Å²) in [4.78, 5) is 5.40. The second kappa shape index (κ2) is 6.86. The molecule has 3 nitrogen and oxygen atoms in total. The molecule has 1 atom stereocenters. The maximum atomic E-state index is 11.9. The minimum Gasteiger partial charge on any atom is -0.545 e. The minimum absolute atomic E-state index is 0. The summed E-state index contributed by atoms with van der Waals surface area (Å²) >= 11 is 0. The predicted octanol–water partition coefficient (Wildman–Crippen LogP) is -0.229. The maximum Gasteiger partial charge on any atom is 1.00 e. The molecule has 2 aromatic rings. The van der Waals surface area contributed by atoms with Gasteiger partial charge < -0.3 is 9.94 Å². The summed E-state index contributed by atoms with van der Waals surface area (Å²) in [6, 6.07) is 19.9. The quantitative estimate of drug-likeness (QED) is 0.725. The second-order valence-corrected chi connectivity index (χ2v) is 4.94. The van der Waals surface area contributed by atoms with Crippen LogP contribution in [0.1, 0.15) is 24.1 Å². The zero-order valence-electron chi connectivity index (χ0n) is 12.3. The normalized spacial score (nSPS) is 18.2. The van der Waals surface area contributed by atoms with Crippen LogP contribution < -0.4 is 24.0 Å². The van der Waals surface area contributed by atoms with E-state index in [4.69, 9.17) is 4.84 Å². The number of hydroxylamine groups is 2. The van der Waals surface area contributed by atoms with Crippen LogP contribution in [0, 0.1) is 0 Å². The Kier molecular flexibility index (Phi) is 5.14. The van der Waals surface area contributed by atoms with Crippen LogP contribution in [-0.2, 0) is 11.4 Å². The molecule has 102 valence electrons. The molecule has 0 aliphatic carbocycles. The summed E-state index contributed by atoms with van der Waals surface area (Å²) in [7, 11) is 0. The van der Waals surface area contributed by atoms with Crippen molar-refractivity contribution in [2.24, 2.45) is 0 Å². The molecule has 21 heavy (non-hydrogen) atoms. The first-order valence-corrected chi connectivity index (χ1v) is 6.67. The van der Waals surface area contributed by atoms with Crippen LogP contribution in [0.3, 0.4) is 0 Å². The molecule has 0 radical (unpaired) electrons. The van der Waals surface area contributed by atoms with Crippen LogP contribution in [0.4, 0.5) is 0 Å². The molecule has 0 fully saturated rings. The van der Waals surface area contributed by atoms with Gasteiger partial charge in [0.25, 0.3) is 0 Å². The molecule has 1 aliphatic heterocycles. The predicted molar refractivity (Wildman–Crippen MR) is 75.0 cm³/mol. The van der Waals surface area contributed by atoms with Gasteiger partial charge >= 0.3 is 18.9 Å². The van der Waals surface area contributed by atoms with Crippen LogP contribution in [0.15, 0.2) is 72.2 Å². The standard InChI is InChI=1S/C17H17NO2.Li/c1-13-16(15-10-6-3-7-11-15)18(20-17(13)19)12-14-8-4-2-5-9-14;/h2-11,16,19H,12H2,1H3;/q;+1/p-1. The van der Waals surface area contributed by atoms with Crippen molar-refractivity contribution in [2.75, 3.05) is 0 Å². The van der Waals surface area contributed by atoms with Gasteiger partial charge in [0.05, 0.1) is 12.0 Å². The van der Waals surface area contributed by atoms with Crippen molar-refractivity contribution in [3.05, 3.63) is 83.3 Å². The van der Waals surface area contributed by atoms with Gasteiger partial charge in [0.2, 0.25) is 0 Å². The van der Waals surface area contributed by atoms with E-state index in [0.717, 1.165) is 16.7 Å². The van der Waals surface area contributed by atoms with E-state index in [-0.39, 0.29) is 30.8 Å². The molecule has 0 saturated carbocycles. The van der Waals surface area contributed by atoms with Crippen molar-refractivity contribution >= 4 is 0 Å². The first-order valence-electron chi connectivity index (χ1n) is 6.67. The van der Waals surface area contributed by atoms with Crippen LogP contribution >= 0.6 is 0 Å². The van der Waals surface area contributed by atoms with E-state index in [1.165, 1.54) is 0 Å². The fourth-order valence-electron chi connectivity index (χ4n) is 2.50. The molecule has 0 aromatic heterocycles. The van der Waals surface area contributed by atoms with Crippen LogP contribution in [0.25, 0.3) is 0 Å². The van der Waals surface area contributed by atoms with E-state index >= 15 is 0 Å². The summed E-state index contributed by atoms with van der Waals surface area (Å²) < 4.78 is 0. The Balaban J connectivity index is 0.00000161. The van der Waals surface area contributed by atoms with Gasteiger partial charge in [-0.25, -0.2) is 5.06 Å². The molecule has 3 rings (SSSR count). The molecule has 0 N–H and O–H groups in total. The fraction of sp³-hybridized carbons (Fsp3) is 0.176. The van der Waals surface area contributed by atoms with E-state index in [1.54, 1.807) is 5.06 Å². The smallest absolute Gasteiger partial charge is 0.545 e. The van der Waals surface area contributed by atoms with Crippen molar-refractivity contribution in [2.45, 2.75) is 19.5 Å². The average molecular weight is 273 g/mol. The zero-order chi connectivity index (χ0) is 13.9. The molecule has 0 spiro atoms. The van der Waals surface area contributed by atoms with Gasteiger partial charge in [-0.15, -0.1) is 0 Å². The van der Waals surface area contributed by atoms with Crippen molar-refractivity contribution in [3.8, 4) is 0 Å². The van der Waals surface area contributed by atoms with Gasteiger partial charge in [0, 0.05) is 6.54 Å². The summed E-state index contributed by atoms with van der Waals surface area (Å²) in [6.07, 6.45) is 0. The number of hydrogen-bond donors (Lipinski definition) is 0. The first-order chi connectivity index (χ1) is 9.75. The molecule has 0 bridgehead atoms. The summed E-state index contributed by atoms with van der Waals surface area (Å²) in [5.41, 5.74) is 2.93. The molecule has 0 saturated heterocycles. The SMILES string of the molecule is CC1=C([O-])ON(Cc2ccccc2)C1c1ccccc1.[Li+]. The monoisotopic (exact) mass is 273 g/mol. The van der Waals surface area contributed by atoms with Gasteiger partial charge in [-0.1, -0.05) is 60.7 Å². The van der Waals surface area contributed by atoms with Gasteiger partial charge in [0.15, 0.2) is 0 Å². The van der Waals surface area contributed by atoms with Crippen molar-refractivity contribution < 1.29 is 28.8 Å². The second-order valence-electron chi connectivity index (χ2n) is 4.94. The molecular formula is C17H16LiNO2. The Labute approximate surface area is 137 Å². The molecular weight excluding hydrogens is 257 g/mol. The molecule has 2 aromatic carbocycles. The van der Waals surface area contributed by atoms with Gasteiger partial charge in [0.1, 0.15) is 0 Å². The summed E-state index contributed by atoms with van der Waals surface area (Å²) in [6.45, 7) is 2.43. The van der Waals surface area contributed by atoms with E-state index < -0.39 is 0 Å². The maximum absolute atomic E-state index is 11.9. The number of benzene rings is 2. The Hall–Kier alpha value is -1.66. The van der Waals surface area contributed by atoms with Crippen LogP contribution in [0.5, 0.6) is 0 Å². The molecule has 4 heteroatoms. The Morgan fingerprint density at radius 2 is 1.57 bits per heavy atom. The van der Waals surface area contributed by atoms with Crippen molar-refractivity contribution in [3.63, 3.8) is 0 Å². The molecule has 1 aliphatic rings. The molecule has 1 heterocycles. The van der Waals surface area contributed by atoms with E-state index in [1.807, 2.05) is 67.6 Å². The number of hydrogen-bond acceptors (Lipinski definition) is 3. The Morgan fingerprint density at radius 1 is 1.00 bits per heavy atom. The van der Waals surface area contributed by atoms with E-state index in [2.05, 4.69) is 0 Å². The van der Waals surface area contributed by atoms with E-state index in [9.17, 15) is 5.11 Å². The van der Waals surface area contributed by atoms with Gasteiger partial charge in [-0.2, -0.15) is 0 Å². The molecule has 0 amide bonds. The first kappa shape index (κ1) is 15.7. The topological polar surface area (TPSA) is 35.5 Å². The minimum atomic E-state index is -0.241. The van der Waals surface area contributed by atoms with Gasteiger partial charge in [-0.3, -0.25) is 0 Å². The van der Waals surface area contributed by atoms with Crippen molar-refractivity contribution in [1.29, 1.82) is 0 Å². The number of nitrogens with zero attached hydrogens (tertiary/aromatic N) is 1. The zero-order valence-corrected chi connectivity index (χ0v) is 12.3. The largest absolute Gasteiger partial charge is 1.00 e. The van der Waals surface area contributed by atoms with Crippen molar-refractivity contribution in [1.82, 2.24) is 5.06 Å². The number of rotatable bonds is 3. The molecule has 1 unspecified atom stereocenters. The van der Waals surface area contributed by atoms with E-state index in [0.29, 0.717) is 6.54 Å². The Morgan fingerprint density at radius 3 is 2.19 bits per heavy atom.